The zero-order valence-corrected chi connectivity index (χ0v) is 15.9. The van der Waals surface area contributed by atoms with Crippen molar-refractivity contribution in [2.75, 3.05) is 31.1 Å². The van der Waals surface area contributed by atoms with Crippen LogP contribution in [0.1, 0.15) is 10.4 Å². The van der Waals surface area contributed by atoms with Crippen LogP contribution in [0.25, 0.3) is 5.82 Å². The molecule has 0 unspecified atom stereocenters. The van der Waals surface area contributed by atoms with Gasteiger partial charge in [0.25, 0.3) is 5.91 Å². The number of amides is 1. The number of nitrogens with zero attached hydrogens (tertiary/aromatic N) is 5. The maximum atomic E-state index is 12.7. The van der Waals surface area contributed by atoms with Crippen LogP contribution in [0.4, 0.5) is 5.82 Å². The molecule has 138 valence electrons. The molecule has 6 nitrogen and oxygen atoms in total. The van der Waals surface area contributed by atoms with Crippen molar-refractivity contribution in [3.63, 3.8) is 0 Å². The minimum atomic E-state index is -0.0768. The van der Waals surface area contributed by atoms with Crippen molar-refractivity contribution in [3.8, 4) is 5.82 Å². The molecular formula is C19H17Cl2N5O. The Labute approximate surface area is 167 Å². The molecule has 0 atom stereocenters. The monoisotopic (exact) mass is 401 g/mol. The zero-order valence-electron chi connectivity index (χ0n) is 14.4. The summed E-state index contributed by atoms with van der Waals surface area (Å²) >= 11 is 12.1. The Morgan fingerprint density at radius 1 is 0.926 bits per heavy atom. The van der Waals surface area contributed by atoms with E-state index in [0.29, 0.717) is 41.8 Å². The van der Waals surface area contributed by atoms with E-state index in [2.05, 4.69) is 14.9 Å². The van der Waals surface area contributed by atoms with Crippen LogP contribution >= 0.6 is 23.2 Å². The van der Waals surface area contributed by atoms with Gasteiger partial charge in [-0.15, -0.1) is 0 Å². The van der Waals surface area contributed by atoms with Crippen LogP contribution in [0.15, 0.2) is 55.1 Å². The summed E-state index contributed by atoms with van der Waals surface area (Å²) in [6, 6.07) is 10.8. The van der Waals surface area contributed by atoms with Crippen LogP contribution in [0.3, 0.4) is 0 Å². The van der Waals surface area contributed by atoms with Gasteiger partial charge in [0.15, 0.2) is 0 Å². The van der Waals surface area contributed by atoms with E-state index in [1.165, 1.54) is 0 Å². The standard InChI is InChI=1S/C19H17Cl2N5O/c20-14-3-4-15(16(21)11-14)19(27)26-9-7-25(8-10-26)18-12-17(22-13-23-18)24-5-1-2-6-24/h1-6,11-13H,7-10H2. The van der Waals surface area contributed by atoms with E-state index >= 15 is 0 Å². The third-order valence-electron chi connectivity index (χ3n) is 4.56. The minimum Gasteiger partial charge on any atom is -0.353 e. The van der Waals surface area contributed by atoms with E-state index < -0.39 is 0 Å². The second-order valence-electron chi connectivity index (χ2n) is 6.23. The van der Waals surface area contributed by atoms with Crippen molar-refractivity contribution in [3.05, 3.63) is 70.7 Å². The van der Waals surface area contributed by atoms with Crippen molar-refractivity contribution in [1.29, 1.82) is 0 Å². The topological polar surface area (TPSA) is 54.3 Å². The normalized spacial score (nSPS) is 14.4. The Morgan fingerprint density at radius 2 is 1.63 bits per heavy atom. The van der Waals surface area contributed by atoms with Gasteiger partial charge in [-0.3, -0.25) is 4.79 Å². The molecule has 3 aromatic rings. The highest BCUT2D eigenvalue weighted by Crippen LogP contribution is 2.23. The number of benzene rings is 1. The van der Waals surface area contributed by atoms with E-state index in [0.717, 1.165) is 11.6 Å². The fraction of sp³-hybridized carbons (Fsp3) is 0.211. The number of carbonyl (C=O) groups excluding carboxylic acids is 1. The van der Waals surface area contributed by atoms with Gasteiger partial charge in [0.2, 0.25) is 0 Å². The maximum absolute atomic E-state index is 12.7. The predicted octanol–water partition coefficient (Wildman–Crippen LogP) is 3.54. The fourth-order valence-electron chi connectivity index (χ4n) is 3.11. The smallest absolute Gasteiger partial charge is 0.255 e. The van der Waals surface area contributed by atoms with Gasteiger partial charge in [-0.2, -0.15) is 0 Å². The largest absolute Gasteiger partial charge is 0.353 e. The Hall–Kier alpha value is -2.57. The van der Waals surface area contributed by atoms with Crippen LogP contribution in [0.2, 0.25) is 10.0 Å². The first-order valence-electron chi connectivity index (χ1n) is 8.56. The van der Waals surface area contributed by atoms with E-state index in [-0.39, 0.29) is 5.91 Å². The first kappa shape index (κ1) is 17.8. The molecule has 4 rings (SSSR count). The molecule has 2 aromatic heterocycles. The first-order valence-corrected chi connectivity index (χ1v) is 9.32. The maximum Gasteiger partial charge on any atom is 0.255 e. The molecule has 27 heavy (non-hydrogen) atoms. The van der Waals surface area contributed by atoms with Crippen LogP contribution in [-0.2, 0) is 0 Å². The second kappa shape index (κ2) is 7.58. The molecule has 0 saturated carbocycles. The second-order valence-corrected chi connectivity index (χ2v) is 7.07. The van der Waals surface area contributed by atoms with Crippen molar-refractivity contribution in [1.82, 2.24) is 19.4 Å². The Morgan fingerprint density at radius 3 is 2.33 bits per heavy atom. The zero-order chi connectivity index (χ0) is 18.8. The third-order valence-corrected chi connectivity index (χ3v) is 5.11. The van der Waals surface area contributed by atoms with Crippen molar-refractivity contribution in [2.45, 2.75) is 0 Å². The van der Waals surface area contributed by atoms with Gasteiger partial charge < -0.3 is 14.4 Å². The number of hydrogen-bond donors (Lipinski definition) is 0. The summed E-state index contributed by atoms with van der Waals surface area (Å²) in [6.45, 7) is 2.58. The fourth-order valence-corrected chi connectivity index (χ4v) is 3.60. The lowest BCUT2D eigenvalue weighted by molar-refractivity contribution is 0.0746. The summed E-state index contributed by atoms with van der Waals surface area (Å²) in [6.07, 6.45) is 5.45. The van der Waals surface area contributed by atoms with Crippen LogP contribution in [-0.4, -0.2) is 51.5 Å². The highest BCUT2D eigenvalue weighted by molar-refractivity contribution is 6.36. The molecule has 0 spiro atoms. The summed E-state index contributed by atoms with van der Waals surface area (Å²) in [5.74, 6) is 1.59. The molecule has 1 saturated heterocycles. The Bertz CT molecular complexity index is 952. The molecule has 0 aliphatic carbocycles. The van der Waals surface area contributed by atoms with E-state index in [9.17, 15) is 4.79 Å². The average Bonchev–Trinajstić information content (AvgIpc) is 3.23. The highest BCUT2D eigenvalue weighted by Gasteiger charge is 2.24. The lowest BCUT2D eigenvalue weighted by atomic mass is 10.1. The van der Waals surface area contributed by atoms with Crippen molar-refractivity contribution in [2.24, 2.45) is 0 Å². The average molecular weight is 402 g/mol. The summed E-state index contributed by atoms with van der Waals surface area (Å²) in [4.78, 5) is 25.4. The molecule has 3 heterocycles. The predicted molar refractivity (Wildman–Crippen MR) is 106 cm³/mol. The summed E-state index contributed by atoms with van der Waals surface area (Å²) in [5.41, 5.74) is 0.478. The van der Waals surface area contributed by atoms with Gasteiger partial charge in [0.1, 0.15) is 18.0 Å². The van der Waals surface area contributed by atoms with Crippen molar-refractivity contribution >= 4 is 34.9 Å². The number of carbonyl (C=O) groups is 1. The molecule has 1 amide bonds. The number of aromatic nitrogens is 3. The number of rotatable bonds is 3. The SMILES string of the molecule is O=C(c1ccc(Cl)cc1Cl)N1CCN(c2cc(-n3cccc3)ncn2)CC1. The molecule has 1 aliphatic heterocycles. The van der Waals surface area contributed by atoms with Gasteiger partial charge in [0, 0.05) is 49.7 Å². The molecule has 1 aliphatic rings. The van der Waals surface area contributed by atoms with Crippen LogP contribution in [0.5, 0.6) is 0 Å². The van der Waals surface area contributed by atoms with Gasteiger partial charge in [0.05, 0.1) is 10.6 Å². The van der Waals surface area contributed by atoms with E-state index in [4.69, 9.17) is 23.2 Å². The lowest BCUT2D eigenvalue weighted by Gasteiger charge is -2.35. The number of piperazine rings is 1. The quantitative estimate of drug-likeness (QED) is 0.673. The van der Waals surface area contributed by atoms with E-state index in [1.807, 2.05) is 35.2 Å². The number of anilines is 1. The summed E-state index contributed by atoms with van der Waals surface area (Å²) in [5, 5.41) is 0.894. The summed E-state index contributed by atoms with van der Waals surface area (Å²) < 4.78 is 1.94. The molecular weight excluding hydrogens is 385 g/mol. The summed E-state index contributed by atoms with van der Waals surface area (Å²) in [7, 11) is 0. The van der Waals surface area contributed by atoms with Crippen LogP contribution < -0.4 is 4.90 Å². The van der Waals surface area contributed by atoms with Crippen LogP contribution in [0, 0.1) is 0 Å². The van der Waals surface area contributed by atoms with Gasteiger partial charge in [-0.1, -0.05) is 23.2 Å². The highest BCUT2D eigenvalue weighted by atomic mass is 35.5. The van der Waals surface area contributed by atoms with Crippen molar-refractivity contribution < 1.29 is 4.79 Å². The Kier molecular flexibility index (Phi) is 5.01. The molecule has 0 radical (unpaired) electrons. The molecule has 0 N–H and O–H groups in total. The molecule has 1 aromatic carbocycles. The third kappa shape index (κ3) is 3.77. The van der Waals surface area contributed by atoms with Gasteiger partial charge >= 0.3 is 0 Å². The van der Waals surface area contributed by atoms with Gasteiger partial charge in [-0.25, -0.2) is 9.97 Å². The Balaban J connectivity index is 1.45. The number of hydrogen-bond acceptors (Lipinski definition) is 4. The minimum absolute atomic E-state index is 0.0768. The molecule has 0 bridgehead atoms. The lowest BCUT2D eigenvalue weighted by Crippen LogP contribution is -2.49. The number of halogens is 2. The molecule has 8 heteroatoms. The van der Waals surface area contributed by atoms with Gasteiger partial charge in [-0.05, 0) is 30.3 Å². The molecule has 1 fully saturated rings. The first-order chi connectivity index (χ1) is 13.1. The van der Waals surface area contributed by atoms with E-state index in [1.54, 1.807) is 29.4 Å².